The van der Waals surface area contributed by atoms with E-state index in [4.69, 9.17) is 6.42 Å². The van der Waals surface area contributed by atoms with Gasteiger partial charge >= 0.3 is 0 Å². The summed E-state index contributed by atoms with van der Waals surface area (Å²) >= 11 is 0. The van der Waals surface area contributed by atoms with E-state index in [0.29, 0.717) is 19.4 Å². The quantitative estimate of drug-likeness (QED) is 0.699. The molecule has 0 saturated carbocycles. The Labute approximate surface area is 108 Å². The van der Waals surface area contributed by atoms with Gasteiger partial charge in [-0.15, -0.1) is 12.3 Å². The molecule has 0 radical (unpaired) electrons. The van der Waals surface area contributed by atoms with Crippen LogP contribution < -0.4 is 0 Å². The highest BCUT2D eigenvalue weighted by Crippen LogP contribution is 2.25. The van der Waals surface area contributed by atoms with Crippen molar-refractivity contribution in [2.24, 2.45) is 0 Å². The maximum Gasteiger partial charge on any atom is 0.245 e. The number of amides is 2. The van der Waals surface area contributed by atoms with Crippen LogP contribution >= 0.6 is 0 Å². The minimum absolute atomic E-state index is 0.0795. The Balaban J connectivity index is 2.19. The zero-order chi connectivity index (χ0) is 13.1. The average molecular weight is 248 g/mol. The molecule has 0 bridgehead atoms. The maximum absolute atomic E-state index is 12.5. The SMILES string of the molecule is C#CCC(CC)N1CCC(=O)N2CCCC2C1=O. The molecule has 2 rings (SSSR count). The van der Waals surface area contributed by atoms with Gasteiger partial charge in [-0.25, -0.2) is 0 Å². The van der Waals surface area contributed by atoms with E-state index in [0.717, 1.165) is 25.8 Å². The summed E-state index contributed by atoms with van der Waals surface area (Å²) in [6.45, 7) is 3.29. The van der Waals surface area contributed by atoms with E-state index in [-0.39, 0.29) is 23.9 Å². The minimum atomic E-state index is -0.230. The van der Waals surface area contributed by atoms with Crippen LogP contribution in [-0.2, 0) is 9.59 Å². The Morgan fingerprint density at radius 1 is 1.44 bits per heavy atom. The average Bonchev–Trinajstić information content (AvgIpc) is 2.82. The first-order valence-electron chi connectivity index (χ1n) is 6.72. The molecule has 2 atom stereocenters. The number of carbonyl (C=O) groups excluding carboxylic acids is 2. The largest absolute Gasteiger partial charge is 0.336 e. The highest BCUT2D eigenvalue weighted by molar-refractivity contribution is 5.90. The first-order valence-corrected chi connectivity index (χ1v) is 6.72. The van der Waals surface area contributed by atoms with Crippen LogP contribution in [0.3, 0.4) is 0 Å². The Kier molecular flexibility index (Phi) is 3.90. The number of hydrogen-bond donors (Lipinski definition) is 0. The molecule has 4 heteroatoms. The zero-order valence-electron chi connectivity index (χ0n) is 10.9. The number of terminal acetylenes is 1. The number of carbonyl (C=O) groups is 2. The third kappa shape index (κ3) is 2.22. The highest BCUT2D eigenvalue weighted by atomic mass is 16.2. The summed E-state index contributed by atoms with van der Waals surface area (Å²) in [5.41, 5.74) is 0. The van der Waals surface area contributed by atoms with Gasteiger partial charge in [0.1, 0.15) is 6.04 Å². The smallest absolute Gasteiger partial charge is 0.245 e. The lowest BCUT2D eigenvalue weighted by atomic mass is 10.1. The van der Waals surface area contributed by atoms with Gasteiger partial charge in [-0.05, 0) is 19.3 Å². The first-order chi connectivity index (χ1) is 8.69. The van der Waals surface area contributed by atoms with Gasteiger partial charge in [0.05, 0.1) is 0 Å². The van der Waals surface area contributed by atoms with Gasteiger partial charge in [-0.3, -0.25) is 9.59 Å². The summed E-state index contributed by atoms with van der Waals surface area (Å²) in [4.78, 5) is 28.1. The molecule has 0 aliphatic carbocycles. The third-order valence-corrected chi connectivity index (χ3v) is 3.97. The summed E-state index contributed by atoms with van der Waals surface area (Å²) in [5, 5.41) is 0. The lowest BCUT2D eigenvalue weighted by Gasteiger charge is -2.31. The molecule has 2 fully saturated rings. The zero-order valence-corrected chi connectivity index (χ0v) is 10.9. The Morgan fingerprint density at radius 2 is 2.22 bits per heavy atom. The van der Waals surface area contributed by atoms with Crippen LogP contribution in [0.1, 0.15) is 39.0 Å². The van der Waals surface area contributed by atoms with E-state index in [1.54, 1.807) is 4.90 Å². The lowest BCUT2D eigenvalue weighted by molar-refractivity contribution is -0.140. The molecule has 0 spiro atoms. The van der Waals surface area contributed by atoms with Crippen molar-refractivity contribution in [3.05, 3.63) is 0 Å². The number of nitrogens with zero attached hydrogens (tertiary/aromatic N) is 2. The second kappa shape index (κ2) is 5.43. The summed E-state index contributed by atoms with van der Waals surface area (Å²) in [6, 6.07) is -0.150. The van der Waals surface area contributed by atoms with E-state index >= 15 is 0 Å². The van der Waals surface area contributed by atoms with Crippen LogP contribution in [0, 0.1) is 12.3 Å². The summed E-state index contributed by atoms with van der Waals surface area (Å²) in [7, 11) is 0. The molecular formula is C14H20N2O2. The Bertz CT molecular complexity index is 386. The minimum Gasteiger partial charge on any atom is -0.336 e. The fraction of sp³-hybridized carbons (Fsp3) is 0.714. The van der Waals surface area contributed by atoms with Crippen LogP contribution in [0.25, 0.3) is 0 Å². The maximum atomic E-state index is 12.5. The second-order valence-corrected chi connectivity index (χ2v) is 5.00. The molecule has 0 aromatic carbocycles. The highest BCUT2D eigenvalue weighted by Gasteiger charge is 2.40. The number of hydrogen-bond acceptors (Lipinski definition) is 2. The third-order valence-electron chi connectivity index (χ3n) is 3.97. The number of rotatable bonds is 3. The lowest BCUT2D eigenvalue weighted by Crippen LogP contribution is -2.47. The van der Waals surface area contributed by atoms with Crippen molar-refractivity contribution in [1.29, 1.82) is 0 Å². The standard InChI is InChI=1S/C14H20N2O2/c1-3-6-11(4-2)15-10-8-13(17)16-9-5-7-12(16)14(15)18/h1,11-12H,4-10H2,2H3. The van der Waals surface area contributed by atoms with Crippen molar-refractivity contribution in [2.75, 3.05) is 13.1 Å². The molecule has 18 heavy (non-hydrogen) atoms. The van der Waals surface area contributed by atoms with Gasteiger partial charge in [-0.1, -0.05) is 6.92 Å². The summed E-state index contributed by atoms with van der Waals surface area (Å²) in [6.07, 6.45) is 8.95. The molecule has 0 aromatic rings. The Hall–Kier alpha value is -1.50. The van der Waals surface area contributed by atoms with E-state index in [1.807, 2.05) is 11.8 Å². The van der Waals surface area contributed by atoms with Crippen molar-refractivity contribution < 1.29 is 9.59 Å². The second-order valence-electron chi connectivity index (χ2n) is 5.00. The van der Waals surface area contributed by atoms with Gasteiger partial charge in [0.2, 0.25) is 11.8 Å². The molecule has 2 saturated heterocycles. The fourth-order valence-electron chi connectivity index (χ4n) is 2.96. The van der Waals surface area contributed by atoms with Crippen LogP contribution in [0.5, 0.6) is 0 Å². The first kappa shape index (κ1) is 12.9. The van der Waals surface area contributed by atoms with E-state index in [2.05, 4.69) is 5.92 Å². The molecule has 4 nitrogen and oxygen atoms in total. The predicted octanol–water partition coefficient (Wildman–Crippen LogP) is 1.01. The van der Waals surface area contributed by atoms with Crippen molar-refractivity contribution in [3.8, 4) is 12.3 Å². The summed E-state index contributed by atoms with van der Waals surface area (Å²) in [5.74, 6) is 2.85. The van der Waals surface area contributed by atoms with Crippen molar-refractivity contribution in [1.82, 2.24) is 9.80 Å². The van der Waals surface area contributed by atoms with E-state index < -0.39 is 0 Å². The molecule has 2 aliphatic rings. The van der Waals surface area contributed by atoms with Crippen LogP contribution in [0.4, 0.5) is 0 Å². The molecule has 98 valence electrons. The normalized spacial score (nSPS) is 25.7. The van der Waals surface area contributed by atoms with Crippen molar-refractivity contribution in [3.63, 3.8) is 0 Å². The molecule has 2 amide bonds. The predicted molar refractivity (Wildman–Crippen MR) is 68.6 cm³/mol. The van der Waals surface area contributed by atoms with Crippen molar-refractivity contribution >= 4 is 11.8 Å². The summed E-state index contributed by atoms with van der Waals surface area (Å²) < 4.78 is 0. The molecule has 2 unspecified atom stereocenters. The fourth-order valence-corrected chi connectivity index (χ4v) is 2.96. The van der Waals surface area contributed by atoms with Crippen LogP contribution in [-0.4, -0.2) is 46.8 Å². The number of fused-ring (bicyclic) bond motifs is 1. The van der Waals surface area contributed by atoms with E-state index in [1.165, 1.54) is 0 Å². The van der Waals surface area contributed by atoms with Gasteiger partial charge in [-0.2, -0.15) is 0 Å². The topological polar surface area (TPSA) is 40.6 Å². The van der Waals surface area contributed by atoms with Crippen molar-refractivity contribution in [2.45, 2.75) is 51.1 Å². The van der Waals surface area contributed by atoms with E-state index in [9.17, 15) is 9.59 Å². The monoisotopic (exact) mass is 248 g/mol. The van der Waals surface area contributed by atoms with Gasteiger partial charge in [0.15, 0.2) is 0 Å². The molecule has 0 N–H and O–H groups in total. The van der Waals surface area contributed by atoms with Gasteiger partial charge < -0.3 is 9.80 Å². The van der Waals surface area contributed by atoms with Crippen LogP contribution in [0.2, 0.25) is 0 Å². The molecule has 2 aliphatic heterocycles. The molecular weight excluding hydrogens is 228 g/mol. The molecule has 0 aromatic heterocycles. The molecule has 2 heterocycles. The van der Waals surface area contributed by atoms with Gasteiger partial charge in [0.25, 0.3) is 0 Å². The van der Waals surface area contributed by atoms with Crippen LogP contribution in [0.15, 0.2) is 0 Å². The Morgan fingerprint density at radius 3 is 2.89 bits per heavy atom. The van der Waals surface area contributed by atoms with Gasteiger partial charge in [0, 0.05) is 32.0 Å².